The molecule has 1 aromatic carbocycles. The highest BCUT2D eigenvalue weighted by Gasteiger charge is 2.34. The summed E-state index contributed by atoms with van der Waals surface area (Å²) in [5.41, 5.74) is -1.31. The molecule has 1 aromatic rings. The van der Waals surface area contributed by atoms with Crippen LogP contribution in [0.5, 0.6) is 5.75 Å². The number of carboxylic acid groups (broad SMARTS) is 1. The first-order valence-electron chi connectivity index (χ1n) is 9.48. The fraction of sp³-hybridized carbons (Fsp3) is 0.526. The third-order valence-corrected chi connectivity index (χ3v) is 4.02. The standard InChI is InChI=1S/C19H24F4O9S/c20-19(21,22)16-13-15(3-12-33(23,26)27)1-2-17(16)32-11-10-30-7-6-28-4-5-29-8-9-31-14-18(24)25/h1-3,12-13H,4-11,14H2,(H,24,25)/b12-3+. The fourth-order valence-electron chi connectivity index (χ4n) is 2.19. The second-order valence-electron chi connectivity index (χ2n) is 6.16. The maximum Gasteiger partial charge on any atom is 0.419 e. The van der Waals surface area contributed by atoms with E-state index >= 15 is 0 Å². The normalized spacial score (nSPS) is 12.4. The average Bonchev–Trinajstić information content (AvgIpc) is 2.71. The molecule has 1 rings (SSSR count). The molecule has 14 heteroatoms. The molecule has 0 unspecified atom stereocenters. The Bertz CT molecular complexity index is 857. The van der Waals surface area contributed by atoms with Gasteiger partial charge in [-0.3, -0.25) is 0 Å². The van der Waals surface area contributed by atoms with Gasteiger partial charge in [-0.25, -0.2) is 4.79 Å². The van der Waals surface area contributed by atoms with Crippen molar-refractivity contribution in [3.05, 3.63) is 34.7 Å². The zero-order valence-electron chi connectivity index (χ0n) is 17.4. The number of alkyl halides is 3. The van der Waals surface area contributed by atoms with Gasteiger partial charge < -0.3 is 28.8 Å². The first-order chi connectivity index (χ1) is 15.5. The quantitative estimate of drug-likeness (QED) is 0.194. The van der Waals surface area contributed by atoms with Crippen molar-refractivity contribution in [3.63, 3.8) is 0 Å². The Hall–Kier alpha value is -2.26. The molecular weight excluding hydrogens is 480 g/mol. The van der Waals surface area contributed by atoms with Gasteiger partial charge in [-0.15, -0.1) is 3.89 Å². The Morgan fingerprint density at radius 1 is 0.909 bits per heavy atom. The number of benzene rings is 1. The zero-order chi connectivity index (χ0) is 24.7. The van der Waals surface area contributed by atoms with Crippen molar-refractivity contribution in [3.8, 4) is 5.75 Å². The van der Waals surface area contributed by atoms with Crippen LogP contribution in [0.4, 0.5) is 17.1 Å². The lowest BCUT2D eigenvalue weighted by Crippen LogP contribution is -2.15. The number of hydrogen-bond donors (Lipinski definition) is 1. The van der Waals surface area contributed by atoms with Crippen molar-refractivity contribution in [1.29, 1.82) is 0 Å². The summed E-state index contributed by atoms with van der Waals surface area (Å²) in [7, 11) is -4.97. The predicted molar refractivity (Wildman–Crippen MR) is 107 cm³/mol. The molecule has 0 bridgehead atoms. The lowest BCUT2D eigenvalue weighted by Gasteiger charge is -2.15. The van der Waals surface area contributed by atoms with Crippen molar-refractivity contribution in [2.45, 2.75) is 6.18 Å². The largest absolute Gasteiger partial charge is 0.491 e. The molecule has 9 nitrogen and oxygen atoms in total. The summed E-state index contributed by atoms with van der Waals surface area (Å²) in [5, 5.41) is 8.52. The summed E-state index contributed by atoms with van der Waals surface area (Å²) < 4.78 is 98.5. The van der Waals surface area contributed by atoms with Gasteiger partial charge in [0.1, 0.15) is 19.0 Å². The minimum atomic E-state index is -4.97. The van der Waals surface area contributed by atoms with E-state index in [1.54, 1.807) is 0 Å². The van der Waals surface area contributed by atoms with E-state index in [9.17, 15) is 30.3 Å². The molecular formula is C19H24F4O9S. The molecule has 0 heterocycles. The van der Waals surface area contributed by atoms with Gasteiger partial charge in [0.15, 0.2) is 0 Å². The molecule has 0 aliphatic rings. The minimum Gasteiger partial charge on any atom is -0.491 e. The smallest absolute Gasteiger partial charge is 0.419 e. The minimum absolute atomic E-state index is 0.0141. The van der Waals surface area contributed by atoms with Gasteiger partial charge in [0.25, 0.3) is 0 Å². The predicted octanol–water partition coefficient (Wildman–Crippen LogP) is 2.51. The van der Waals surface area contributed by atoms with Crippen molar-refractivity contribution in [1.82, 2.24) is 0 Å². The van der Waals surface area contributed by atoms with E-state index in [2.05, 4.69) is 0 Å². The SMILES string of the molecule is O=C(O)COCCOCCOCCOCCOc1ccc(/C=C/S(=O)(=O)F)cc1C(F)(F)F. The molecule has 0 saturated heterocycles. The van der Waals surface area contributed by atoms with Crippen LogP contribution >= 0.6 is 0 Å². The molecule has 0 aromatic heterocycles. The lowest BCUT2D eigenvalue weighted by molar-refractivity contribution is -0.143. The van der Waals surface area contributed by atoms with Crippen molar-refractivity contribution in [2.75, 3.05) is 59.5 Å². The Labute approximate surface area is 188 Å². The summed E-state index contributed by atoms with van der Waals surface area (Å²) in [4.78, 5) is 10.2. The zero-order valence-corrected chi connectivity index (χ0v) is 18.2. The summed E-state index contributed by atoms with van der Waals surface area (Å²) in [5.74, 6) is -1.54. The van der Waals surface area contributed by atoms with E-state index < -0.39 is 40.3 Å². The number of halogens is 4. The van der Waals surface area contributed by atoms with E-state index in [-0.39, 0.29) is 63.8 Å². The monoisotopic (exact) mass is 504 g/mol. The molecule has 0 aliphatic carbocycles. The fourth-order valence-corrected chi connectivity index (χ4v) is 2.51. The van der Waals surface area contributed by atoms with Crippen LogP contribution < -0.4 is 4.74 Å². The highest BCUT2D eigenvalue weighted by molar-refractivity contribution is 7.89. The Morgan fingerprint density at radius 2 is 1.42 bits per heavy atom. The summed E-state index contributed by atoms with van der Waals surface area (Å²) in [6.45, 7) is 0.676. The second-order valence-corrected chi connectivity index (χ2v) is 7.39. The Morgan fingerprint density at radius 3 is 1.91 bits per heavy atom. The van der Waals surface area contributed by atoms with Crippen LogP contribution in [-0.4, -0.2) is 79.0 Å². The van der Waals surface area contributed by atoms with Crippen LogP contribution in [0.2, 0.25) is 0 Å². The van der Waals surface area contributed by atoms with Crippen LogP contribution in [-0.2, 0) is 40.1 Å². The molecule has 0 amide bonds. The number of carbonyl (C=O) groups is 1. The van der Waals surface area contributed by atoms with Crippen LogP contribution in [0.3, 0.4) is 0 Å². The molecule has 188 valence electrons. The molecule has 0 aliphatic heterocycles. The van der Waals surface area contributed by atoms with Crippen LogP contribution in [0, 0.1) is 0 Å². The number of ether oxygens (including phenoxy) is 5. The molecule has 0 saturated carbocycles. The van der Waals surface area contributed by atoms with E-state index in [1.807, 2.05) is 0 Å². The molecule has 0 atom stereocenters. The molecule has 0 fully saturated rings. The van der Waals surface area contributed by atoms with Crippen molar-refractivity contribution >= 4 is 22.3 Å². The van der Waals surface area contributed by atoms with E-state index in [0.717, 1.165) is 12.1 Å². The van der Waals surface area contributed by atoms with Crippen molar-refractivity contribution in [2.24, 2.45) is 0 Å². The third kappa shape index (κ3) is 14.5. The molecule has 0 spiro atoms. The van der Waals surface area contributed by atoms with E-state index in [4.69, 9.17) is 28.8 Å². The topological polar surface area (TPSA) is 118 Å². The molecule has 1 N–H and O–H groups in total. The highest BCUT2D eigenvalue weighted by Crippen LogP contribution is 2.37. The third-order valence-electron chi connectivity index (χ3n) is 3.56. The van der Waals surface area contributed by atoms with Gasteiger partial charge in [0, 0.05) is 0 Å². The average molecular weight is 504 g/mol. The maximum absolute atomic E-state index is 13.2. The molecule has 0 radical (unpaired) electrons. The number of carboxylic acids is 1. The Balaban J connectivity index is 2.25. The van der Waals surface area contributed by atoms with Gasteiger partial charge in [-0.1, -0.05) is 6.07 Å². The number of rotatable bonds is 17. The van der Waals surface area contributed by atoms with Gasteiger partial charge in [0.2, 0.25) is 0 Å². The first kappa shape index (κ1) is 28.8. The molecule has 33 heavy (non-hydrogen) atoms. The number of hydrogen-bond acceptors (Lipinski definition) is 8. The van der Waals surface area contributed by atoms with E-state index in [0.29, 0.717) is 12.1 Å². The summed E-state index contributed by atoms with van der Waals surface area (Å²) >= 11 is 0. The first-order valence-corrected chi connectivity index (χ1v) is 10.9. The van der Waals surface area contributed by atoms with Crippen LogP contribution in [0.1, 0.15) is 11.1 Å². The summed E-state index contributed by atoms with van der Waals surface area (Å²) in [6.07, 6.45) is -4.07. The van der Waals surface area contributed by atoms with Gasteiger partial charge in [0.05, 0.1) is 57.2 Å². The van der Waals surface area contributed by atoms with Crippen LogP contribution in [0.25, 0.3) is 6.08 Å². The van der Waals surface area contributed by atoms with Gasteiger partial charge in [-0.05, 0) is 23.8 Å². The maximum atomic E-state index is 13.2. The van der Waals surface area contributed by atoms with E-state index in [1.165, 1.54) is 0 Å². The summed E-state index contributed by atoms with van der Waals surface area (Å²) in [6, 6.07) is 2.80. The van der Waals surface area contributed by atoms with Crippen molar-refractivity contribution < 1.29 is 59.1 Å². The lowest BCUT2D eigenvalue weighted by atomic mass is 10.1. The number of aliphatic carboxylic acids is 1. The second kappa shape index (κ2) is 14.8. The van der Waals surface area contributed by atoms with Gasteiger partial charge >= 0.3 is 22.4 Å². The van der Waals surface area contributed by atoms with Crippen LogP contribution in [0.15, 0.2) is 23.6 Å². The Kier molecular flexibility index (Phi) is 12.9. The highest BCUT2D eigenvalue weighted by atomic mass is 32.3. The van der Waals surface area contributed by atoms with Gasteiger partial charge in [-0.2, -0.15) is 21.6 Å².